The number of carbonyl (C=O) groups is 1. The normalized spacial score (nSPS) is 11.6. The number of aromatic nitrogens is 2. The standard InChI is InChI=1S/C17H16N2O4S2/c1-2-23-16(20)12-24-17-18-14-10-6-7-11-15(14)19(17)25(21,22)13-8-4-3-5-9-13/h3-11H,2,12H2,1H3. The Morgan fingerprint density at radius 1 is 1.12 bits per heavy atom. The molecule has 0 N–H and O–H groups in total. The van der Waals surface area contributed by atoms with E-state index in [1.165, 1.54) is 16.1 Å². The summed E-state index contributed by atoms with van der Waals surface area (Å²) in [6, 6.07) is 15.1. The van der Waals surface area contributed by atoms with Crippen molar-refractivity contribution in [3.63, 3.8) is 0 Å². The molecule has 0 aliphatic rings. The zero-order valence-corrected chi connectivity index (χ0v) is 15.1. The van der Waals surface area contributed by atoms with Gasteiger partial charge in [-0.25, -0.2) is 17.4 Å². The molecule has 0 amide bonds. The second-order valence-electron chi connectivity index (χ2n) is 5.06. The maximum atomic E-state index is 13.1. The van der Waals surface area contributed by atoms with Crippen molar-refractivity contribution in [1.82, 2.24) is 8.96 Å². The first-order chi connectivity index (χ1) is 12.0. The Balaban J connectivity index is 2.09. The van der Waals surface area contributed by atoms with E-state index in [-0.39, 0.29) is 22.4 Å². The monoisotopic (exact) mass is 376 g/mol. The molecule has 3 rings (SSSR count). The van der Waals surface area contributed by atoms with Gasteiger partial charge in [0, 0.05) is 0 Å². The van der Waals surface area contributed by atoms with Gasteiger partial charge in [0.1, 0.15) is 0 Å². The van der Waals surface area contributed by atoms with Crippen molar-refractivity contribution in [2.45, 2.75) is 17.0 Å². The molecule has 1 heterocycles. The van der Waals surface area contributed by atoms with E-state index in [0.29, 0.717) is 11.0 Å². The van der Waals surface area contributed by atoms with Crippen LogP contribution in [-0.2, 0) is 19.6 Å². The van der Waals surface area contributed by atoms with Crippen LogP contribution in [0, 0.1) is 0 Å². The van der Waals surface area contributed by atoms with Gasteiger partial charge in [-0.05, 0) is 31.2 Å². The number of imidazole rings is 1. The van der Waals surface area contributed by atoms with Crippen molar-refractivity contribution in [1.29, 1.82) is 0 Å². The number of hydrogen-bond acceptors (Lipinski definition) is 6. The molecule has 0 bridgehead atoms. The SMILES string of the molecule is CCOC(=O)CSc1nc2ccccc2n1S(=O)(=O)c1ccccc1. The van der Waals surface area contributed by atoms with E-state index in [0.717, 1.165) is 11.8 Å². The minimum absolute atomic E-state index is 0.0124. The van der Waals surface area contributed by atoms with Crippen molar-refractivity contribution in [2.75, 3.05) is 12.4 Å². The van der Waals surface area contributed by atoms with Crippen LogP contribution in [0.2, 0.25) is 0 Å². The highest BCUT2D eigenvalue weighted by atomic mass is 32.2. The third-order valence-corrected chi connectivity index (χ3v) is 6.14. The zero-order chi connectivity index (χ0) is 17.9. The van der Waals surface area contributed by atoms with E-state index in [4.69, 9.17) is 4.74 Å². The average Bonchev–Trinajstić information content (AvgIpc) is 3.00. The fourth-order valence-electron chi connectivity index (χ4n) is 2.33. The Hall–Kier alpha value is -2.32. The summed E-state index contributed by atoms with van der Waals surface area (Å²) >= 11 is 1.04. The van der Waals surface area contributed by atoms with E-state index >= 15 is 0 Å². The van der Waals surface area contributed by atoms with E-state index < -0.39 is 16.0 Å². The van der Waals surface area contributed by atoms with E-state index in [1.807, 2.05) is 0 Å². The average molecular weight is 376 g/mol. The van der Waals surface area contributed by atoms with Crippen molar-refractivity contribution in [2.24, 2.45) is 0 Å². The molecule has 0 aliphatic carbocycles. The van der Waals surface area contributed by atoms with E-state index in [9.17, 15) is 13.2 Å². The molecule has 6 nitrogen and oxygen atoms in total. The highest BCUT2D eigenvalue weighted by Crippen LogP contribution is 2.28. The minimum atomic E-state index is -3.83. The van der Waals surface area contributed by atoms with Gasteiger partial charge in [0.25, 0.3) is 10.0 Å². The van der Waals surface area contributed by atoms with Gasteiger partial charge in [0.05, 0.1) is 28.3 Å². The van der Waals surface area contributed by atoms with E-state index in [1.54, 1.807) is 49.4 Å². The van der Waals surface area contributed by atoms with Gasteiger partial charge >= 0.3 is 5.97 Å². The molecular weight excluding hydrogens is 360 g/mol. The molecule has 0 atom stereocenters. The number of carbonyl (C=O) groups excluding carboxylic acids is 1. The van der Waals surface area contributed by atoms with Crippen LogP contribution in [0.15, 0.2) is 64.6 Å². The van der Waals surface area contributed by atoms with Gasteiger partial charge in [-0.15, -0.1) is 0 Å². The smallest absolute Gasteiger partial charge is 0.316 e. The molecule has 0 aliphatic heterocycles. The topological polar surface area (TPSA) is 78.3 Å². The number of benzene rings is 2. The maximum absolute atomic E-state index is 13.1. The van der Waals surface area contributed by atoms with Crippen LogP contribution in [-0.4, -0.2) is 35.7 Å². The van der Waals surface area contributed by atoms with Gasteiger partial charge < -0.3 is 4.74 Å². The lowest BCUT2D eigenvalue weighted by Gasteiger charge is -2.10. The number of nitrogens with zero attached hydrogens (tertiary/aromatic N) is 2. The summed E-state index contributed by atoms with van der Waals surface area (Å²) in [7, 11) is -3.83. The molecule has 8 heteroatoms. The molecule has 2 aromatic carbocycles. The van der Waals surface area contributed by atoms with Crippen molar-refractivity contribution >= 4 is 38.8 Å². The lowest BCUT2D eigenvalue weighted by molar-refractivity contribution is -0.139. The maximum Gasteiger partial charge on any atom is 0.316 e. The molecule has 1 aromatic heterocycles. The number of ether oxygens (including phenoxy) is 1. The van der Waals surface area contributed by atoms with Gasteiger partial charge in [-0.3, -0.25) is 4.79 Å². The third-order valence-electron chi connectivity index (χ3n) is 3.40. The number of fused-ring (bicyclic) bond motifs is 1. The van der Waals surface area contributed by atoms with Crippen LogP contribution in [0.4, 0.5) is 0 Å². The fourth-order valence-corrected chi connectivity index (χ4v) is 4.86. The summed E-state index contributed by atoms with van der Waals surface area (Å²) in [5, 5.41) is 0.234. The highest BCUT2D eigenvalue weighted by Gasteiger charge is 2.24. The molecule has 130 valence electrons. The summed E-state index contributed by atoms with van der Waals surface area (Å²) in [5.41, 5.74) is 1.02. The lowest BCUT2D eigenvalue weighted by Crippen LogP contribution is -2.15. The number of para-hydroxylation sites is 2. The summed E-state index contributed by atoms with van der Waals surface area (Å²) in [6.45, 7) is 2.00. The molecule has 0 unspecified atom stereocenters. The van der Waals surface area contributed by atoms with E-state index in [2.05, 4.69) is 4.98 Å². The predicted molar refractivity (Wildman–Crippen MR) is 96.1 cm³/mol. The van der Waals surface area contributed by atoms with Crippen molar-refractivity contribution in [3.8, 4) is 0 Å². The van der Waals surface area contributed by atoms with Crippen molar-refractivity contribution in [3.05, 3.63) is 54.6 Å². The molecule has 0 saturated carbocycles. The van der Waals surface area contributed by atoms with Crippen LogP contribution >= 0.6 is 11.8 Å². The van der Waals surface area contributed by atoms with Crippen LogP contribution < -0.4 is 0 Å². The van der Waals surface area contributed by atoms with Gasteiger partial charge in [0.15, 0.2) is 5.16 Å². The largest absolute Gasteiger partial charge is 0.465 e. The van der Waals surface area contributed by atoms with Crippen LogP contribution in [0.3, 0.4) is 0 Å². The number of esters is 1. The molecule has 0 fully saturated rings. The summed E-state index contributed by atoms with van der Waals surface area (Å²) in [6.07, 6.45) is 0. The Labute approximate surface area is 149 Å². The number of thioether (sulfide) groups is 1. The zero-order valence-electron chi connectivity index (χ0n) is 13.5. The fraction of sp³-hybridized carbons (Fsp3) is 0.176. The van der Waals surface area contributed by atoms with Gasteiger partial charge in [-0.1, -0.05) is 42.1 Å². The second-order valence-corrected chi connectivity index (χ2v) is 7.79. The van der Waals surface area contributed by atoms with Crippen LogP contribution in [0.5, 0.6) is 0 Å². The van der Waals surface area contributed by atoms with Gasteiger partial charge in [0.2, 0.25) is 0 Å². The Morgan fingerprint density at radius 3 is 2.52 bits per heavy atom. The summed E-state index contributed by atoms with van der Waals surface area (Å²) < 4.78 is 32.3. The van der Waals surface area contributed by atoms with Crippen molar-refractivity contribution < 1.29 is 17.9 Å². The minimum Gasteiger partial charge on any atom is -0.465 e. The number of rotatable bonds is 6. The van der Waals surface area contributed by atoms with Crippen LogP contribution in [0.25, 0.3) is 11.0 Å². The first-order valence-electron chi connectivity index (χ1n) is 7.60. The Morgan fingerprint density at radius 2 is 1.80 bits per heavy atom. The molecule has 0 radical (unpaired) electrons. The van der Waals surface area contributed by atoms with Gasteiger partial charge in [-0.2, -0.15) is 0 Å². The number of hydrogen-bond donors (Lipinski definition) is 0. The lowest BCUT2D eigenvalue weighted by atomic mass is 10.3. The highest BCUT2D eigenvalue weighted by molar-refractivity contribution is 8.00. The molecule has 3 aromatic rings. The third kappa shape index (κ3) is 3.54. The quantitative estimate of drug-likeness (QED) is 0.486. The van der Waals surface area contributed by atoms with Crippen LogP contribution in [0.1, 0.15) is 6.92 Å². The predicted octanol–water partition coefficient (Wildman–Crippen LogP) is 2.93. The first kappa shape index (κ1) is 17.5. The molecular formula is C17H16N2O4S2. The first-order valence-corrected chi connectivity index (χ1v) is 10.0. The molecule has 0 saturated heterocycles. The summed E-state index contributed by atoms with van der Waals surface area (Å²) in [5.74, 6) is -0.426. The second kappa shape index (κ2) is 7.28. The Kier molecular flexibility index (Phi) is 5.10. The Bertz CT molecular complexity index is 998. The summed E-state index contributed by atoms with van der Waals surface area (Å²) in [4.78, 5) is 16.2. The molecule has 25 heavy (non-hydrogen) atoms. The molecule has 0 spiro atoms.